The van der Waals surface area contributed by atoms with Crippen LogP contribution in [0.15, 0.2) is 22.4 Å². The van der Waals surface area contributed by atoms with Crippen molar-refractivity contribution in [1.29, 1.82) is 0 Å². The van der Waals surface area contributed by atoms with Crippen molar-refractivity contribution in [2.24, 2.45) is 0 Å². The Morgan fingerprint density at radius 3 is 3.00 bits per heavy atom. The number of ketones is 1. The largest absolute Gasteiger partial charge is 0.330 e. The number of carbonyl (C=O) groups excluding carboxylic acids is 1. The van der Waals surface area contributed by atoms with Crippen LogP contribution in [0.2, 0.25) is 0 Å². The lowest BCUT2D eigenvalue weighted by Crippen LogP contribution is -2.00. The Balaban J connectivity index is 2.34. The summed E-state index contributed by atoms with van der Waals surface area (Å²) in [6, 6.07) is 0. The van der Waals surface area contributed by atoms with Crippen LogP contribution >= 0.6 is 11.3 Å². The number of aromatic nitrogens is 3. The Hall–Kier alpha value is -1.56. The fourth-order valence-corrected chi connectivity index (χ4v) is 1.27. The molecule has 0 unspecified atom stereocenters. The van der Waals surface area contributed by atoms with Gasteiger partial charge in [-0.3, -0.25) is 4.79 Å². The van der Waals surface area contributed by atoms with E-state index < -0.39 is 0 Å². The molecule has 0 radical (unpaired) electrons. The third-order valence-electron chi connectivity index (χ3n) is 1.18. The van der Waals surface area contributed by atoms with Crippen LogP contribution in [0.3, 0.4) is 0 Å². The van der Waals surface area contributed by atoms with Crippen LogP contribution in [-0.4, -0.2) is 20.9 Å². The molecule has 0 fully saturated rings. The third-order valence-corrected chi connectivity index (χ3v) is 1.95. The van der Waals surface area contributed by atoms with E-state index in [4.69, 9.17) is 0 Å². The van der Waals surface area contributed by atoms with Crippen molar-refractivity contribution >= 4 is 17.1 Å². The minimum Gasteiger partial charge on any atom is -0.330 e. The highest BCUT2D eigenvalue weighted by atomic mass is 32.1. The quantitative estimate of drug-likeness (QED) is 0.639. The lowest BCUT2D eigenvalue weighted by Gasteiger charge is -1.85. The van der Waals surface area contributed by atoms with Gasteiger partial charge in [-0.05, 0) is 0 Å². The van der Waals surface area contributed by atoms with Crippen molar-refractivity contribution in [2.75, 3.05) is 0 Å². The summed E-state index contributed by atoms with van der Waals surface area (Å²) < 4.78 is 4.58. The number of carbonyl (C=O) groups is 1. The fraction of sp³-hybridized carbons (Fsp3) is 0. The van der Waals surface area contributed by atoms with Crippen LogP contribution in [0.25, 0.3) is 0 Å². The number of hydrogen-bond acceptors (Lipinski definition) is 6. The molecule has 0 atom stereocenters. The SMILES string of the molecule is O=C(c1ncno1)c1nccs1. The first-order chi connectivity index (χ1) is 5.88. The van der Waals surface area contributed by atoms with Gasteiger partial charge < -0.3 is 4.52 Å². The second-order valence-corrected chi connectivity index (χ2v) is 2.81. The molecule has 0 amide bonds. The van der Waals surface area contributed by atoms with Gasteiger partial charge in [0.05, 0.1) is 0 Å². The molecule has 0 bridgehead atoms. The molecular formula is C6H3N3O2S. The average Bonchev–Trinajstić information content (AvgIpc) is 2.77. The van der Waals surface area contributed by atoms with E-state index in [1.165, 1.54) is 17.7 Å². The second kappa shape index (κ2) is 2.82. The van der Waals surface area contributed by atoms with Gasteiger partial charge in [0.15, 0.2) is 11.3 Å². The molecule has 0 saturated carbocycles. The number of nitrogens with zero attached hydrogens (tertiary/aromatic N) is 3. The van der Waals surface area contributed by atoms with E-state index in [0.29, 0.717) is 5.01 Å². The van der Waals surface area contributed by atoms with Crippen molar-refractivity contribution < 1.29 is 9.32 Å². The number of rotatable bonds is 2. The summed E-state index contributed by atoms with van der Waals surface area (Å²) in [5.41, 5.74) is 0. The van der Waals surface area contributed by atoms with Gasteiger partial charge >= 0.3 is 5.89 Å². The molecular weight excluding hydrogens is 178 g/mol. The summed E-state index contributed by atoms with van der Waals surface area (Å²) in [6.45, 7) is 0. The summed E-state index contributed by atoms with van der Waals surface area (Å²) >= 11 is 1.24. The third kappa shape index (κ3) is 1.12. The molecule has 60 valence electrons. The van der Waals surface area contributed by atoms with E-state index in [1.807, 2.05) is 0 Å². The Kier molecular flexibility index (Phi) is 1.67. The highest BCUT2D eigenvalue weighted by molar-refractivity contribution is 7.11. The van der Waals surface area contributed by atoms with Crippen molar-refractivity contribution in [3.05, 3.63) is 28.8 Å². The predicted molar refractivity (Wildman–Crippen MR) is 39.8 cm³/mol. The topological polar surface area (TPSA) is 68.9 Å². The van der Waals surface area contributed by atoms with Gasteiger partial charge in [0.1, 0.15) is 0 Å². The predicted octanol–water partition coefficient (Wildman–Crippen LogP) is 0.757. The zero-order chi connectivity index (χ0) is 8.39. The average molecular weight is 181 g/mol. The Morgan fingerprint density at radius 2 is 2.42 bits per heavy atom. The van der Waals surface area contributed by atoms with Gasteiger partial charge in [0.25, 0.3) is 5.78 Å². The van der Waals surface area contributed by atoms with E-state index in [2.05, 4.69) is 19.6 Å². The normalized spacial score (nSPS) is 10.0. The molecule has 2 rings (SSSR count). The van der Waals surface area contributed by atoms with Crippen molar-refractivity contribution in [3.63, 3.8) is 0 Å². The summed E-state index contributed by atoms with van der Waals surface area (Å²) in [7, 11) is 0. The molecule has 5 nitrogen and oxygen atoms in total. The molecule has 0 aliphatic rings. The van der Waals surface area contributed by atoms with Crippen LogP contribution in [0.4, 0.5) is 0 Å². The number of hydrogen-bond donors (Lipinski definition) is 0. The maximum atomic E-state index is 11.3. The lowest BCUT2D eigenvalue weighted by atomic mass is 10.4. The molecule has 0 aliphatic heterocycles. The van der Waals surface area contributed by atoms with E-state index in [1.54, 1.807) is 11.6 Å². The molecule has 2 aromatic rings. The molecule has 0 N–H and O–H groups in total. The molecule has 6 heteroatoms. The minimum atomic E-state index is -0.331. The molecule has 0 aliphatic carbocycles. The summed E-state index contributed by atoms with van der Waals surface area (Å²) in [5.74, 6) is -0.354. The zero-order valence-corrected chi connectivity index (χ0v) is 6.61. The first kappa shape index (κ1) is 7.11. The highest BCUT2D eigenvalue weighted by Crippen LogP contribution is 2.08. The van der Waals surface area contributed by atoms with Crippen molar-refractivity contribution in [2.45, 2.75) is 0 Å². The Bertz CT molecular complexity index is 331. The molecule has 0 spiro atoms. The molecule has 2 heterocycles. The Labute approximate surface area is 71.1 Å². The monoisotopic (exact) mass is 181 g/mol. The van der Waals surface area contributed by atoms with Crippen LogP contribution in [0, 0.1) is 0 Å². The first-order valence-corrected chi connectivity index (χ1v) is 3.97. The van der Waals surface area contributed by atoms with Gasteiger partial charge in [0, 0.05) is 11.6 Å². The van der Waals surface area contributed by atoms with Crippen LogP contribution in [-0.2, 0) is 0 Å². The van der Waals surface area contributed by atoms with Gasteiger partial charge in [0.2, 0.25) is 0 Å². The van der Waals surface area contributed by atoms with Gasteiger partial charge in [-0.25, -0.2) is 4.98 Å². The summed E-state index contributed by atoms with van der Waals surface area (Å²) in [6.07, 6.45) is 2.73. The minimum absolute atomic E-state index is 0.0232. The molecule has 2 aromatic heterocycles. The Morgan fingerprint density at radius 1 is 1.50 bits per heavy atom. The summed E-state index contributed by atoms with van der Waals surface area (Å²) in [5, 5.41) is 5.40. The number of thiazole rings is 1. The maximum absolute atomic E-state index is 11.3. The molecule has 12 heavy (non-hydrogen) atoms. The molecule has 0 aromatic carbocycles. The first-order valence-electron chi connectivity index (χ1n) is 3.09. The van der Waals surface area contributed by atoms with Crippen LogP contribution in [0.1, 0.15) is 15.7 Å². The van der Waals surface area contributed by atoms with Gasteiger partial charge in [-0.1, -0.05) is 5.16 Å². The van der Waals surface area contributed by atoms with Crippen LogP contribution < -0.4 is 0 Å². The fourth-order valence-electron chi connectivity index (χ4n) is 0.700. The van der Waals surface area contributed by atoms with Gasteiger partial charge in [-0.2, -0.15) is 4.98 Å². The van der Waals surface area contributed by atoms with Crippen molar-refractivity contribution in [1.82, 2.24) is 15.1 Å². The van der Waals surface area contributed by atoms with Gasteiger partial charge in [-0.15, -0.1) is 11.3 Å². The summed E-state index contributed by atoms with van der Waals surface area (Å²) in [4.78, 5) is 18.7. The lowest BCUT2D eigenvalue weighted by molar-refractivity contribution is 0.0993. The second-order valence-electron chi connectivity index (χ2n) is 1.91. The highest BCUT2D eigenvalue weighted by Gasteiger charge is 2.16. The standard InChI is InChI=1S/C6H3N3O2S/c10-4(5-8-3-9-11-5)6-7-1-2-12-6/h1-3H. The van der Waals surface area contributed by atoms with Crippen LogP contribution in [0.5, 0.6) is 0 Å². The van der Waals surface area contributed by atoms with E-state index in [9.17, 15) is 4.79 Å². The van der Waals surface area contributed by atoms with E-state index in [-0.39, 0.29) is 11.7 Å². The van der Waals surface area contributed by atoms with E-state index >= 15 is 0 Å². The zero-order valence-electron chi connectivity index (χ0n) is 5.80. The smallest absolute Gasteiger partial charge is 0.301 e. The van der Waals surface area contributed by atoms with E-state index in [0.717, 1.165) is 0 Å². The maximum Gasteiger partial charge on any atom is 0.301 e. The molecule has 0 saturated heterocycles. The van der Waals surface area contributed by atoms with Crippen molar-refractivity contribution in [3.8, 4) is 0 Å².